The van der Waals surface area contributed by atoms with Crippen LogP contribution in [-0.2, 0) is 6.42 Å². The lowest BCUT2D eigenvalue weighted by Gasteiger charge is -2.16. The van der Waals surface area contributed by atoms with E-state index in [2.05, 4.69) is 44.2 Å². The lowest BCUT2D eigenvalue weighted by Crippen LogP contribution is -2.07. The van der Waals surface area contributed by atoms with Gasteiger partial charge in [0.05, 0.1) is 0 Å². The summed E-state index contributed by atoms with van der Waals surface area (Å²) in [6.07, 6.45) is 7.13. The van der Waals surface area contributed by atoms with E-state index in [1.807, 2.05) is 42.5 Å². The molecule has 2 aromatic rings. The quantitative estimate of drug-likeness (QED) is 0.719. The Bertz CT molecular complexity index is 748. The molecule has 1 nitrogen and oxygen atoms in total. The van der Waals surface area contributed by atoms with Crippen molar-refractivity contribution in [3.8, 4) is 0 Å². The van der Waals surface area contributed by atoms with Crippen LogP contribution in [0, 0.1) is 5.41 Å². The van der Waals surface area contributed by atoms with Crippen LogP contribution >= 0.6 is 0 Å². The van der Waals surface area contributed by atoms with Crippen LogP contribution in [0.3, 0.4) is 0 Å². The predicted octanol–water partition coefficient (Wildman–Crippen LogP) is 5.09. The van der Waals surface area contributed by atoms with E-state index >= 15 is 0 Å². The maximum absolute atomic E-state index is 12.5. The van der Waals surface area contributed by atoms with E-state index in [1.54, 1.807) is 0 Å². The van der Waals surface area contributed by atoms with Crippen LogP contribution in [0.2, 0.25) is 0 Å². The normalized spacial score (nSPS) is 16.5. The van der Waals surface area contributed by atoms with Gasteiger partial charge >= 0.3 is 0 Å². The van der Waals surface area contributed by atoms with E-state index in [0.29, 0.717) is 0 Å². The van der Waals surface area contributed by atoms with Gasteiger partial charge in [-0.05, 0) is 11.1 Å². The molecule has 0 heterocycles. The van der Waals surface area contributed by atoms with Crippen molar-refractivity contribution in [2.75, 3.05) is 0 Å². The Balaban J connectivity index is 1.83. The number of rotatable bonds is 3. The molecule has 0 aromatic heterocycles. The number of hydrogen-bond donors (Lipinski definition) is 0. The van der Waals surface area contributed by atoms with Gasteiger partial charge in [0, 0.05) is 23.0 Å². The van der Waals surface area contributed by atoms with E-state index in [1.165, 1.54) is 5.56 Å². The predicted molar refractivity (Wildman–Crippen MR) is 91.8 cm³/mol. The minimum absolute atomic E-state index is 0.150. The number of benzene rings is 2. The lowest BCUT2D eigenvalue weighted by atomic mass is 9.88. The van der Waals surface area contributed by atoms with Gasteiger partial charge < -0.3 is 0 Å². The molecule has 110 valence electrons. The second-order valence-electron chi connectivity index (χ2n) is 6.40. The molecule has 0 spiro atoms. The first-order valence-corrected chi connectivity index (χ1v) is 7.64. The van der Waals surface area contributed by atoms with Crippen molar-refractivity contribution in [2.24, 2.45) is 5.41 Å². The topological polar surface area (TPSA) is 17.1 Å². The number of carbonyl (C=O) groups is 1. The summed E-state index contributed by atoms with van der Waals surface area (Å²) in [5.41, 5.74) is 3.93. The first kappa shape index (κ1) is 14.5. The van der Waals surface area contributed by atoms with Crippen molar-refractivity contribution in [3.63, 3.8) is 0 Å². The highest BCUT2D eigenvalue weighted by Gasteiger charge is 2.26. The maximum Gasteiger partial charge on any atom is 0.189 e. The van der Waals surface area contributed by atoms with Gasteiger partial charge in [-0.3, -0.25) is 4.79 Å². The molecule has 0 N–H and O–H groups in total. The van der Waals surface area contributed by atoms with Crippen LogP contribution in [0.4, 0.5) is 0 Å². The molecule has 0 unspecified atom stereocenters. The van der Waals surface area contributed by atoms with Gasteiger partial charge in [-0.1, -0.05) is 86.7 Å². The third-order valence-electron chi connectivity index (χ3n) is 3.99. The summed E-state index contributed by atoms with van der Waals surface area (Å²) in [6, 6.07) is 18.1. The average Bonchev–Trinajstić information content (AvgIpc) is 2.83. The van der Waals surface area contributed by atoms with Gasteiger partial charge in [0.25, 0.3) is 0 Å². The molecule has 1 aliphatic carbocycles. The van der Waals surface area contributed by atoms with Crippen molar-refractivity contribution in [2.45, 2.75) is 20.3 Å². The Morgan fingerprint density at radius 1 is 0.955 bits per heavy atom. The molecule has 3 rings (SSSR count). The fraction of sp³-hybridized carbons (Fsp3) is 0.190. The van der Waals surface area contributed by atoms with Crippen LogP contribution in [0.15, 0.2) is 72.3 Å². The number of Topliss-reactive ketones (excluding diaryl/α,β-unsaturated/α-hetero) is 1. The fourth-order valence-electron chi connectivity index (χ4n) is 2.84. The van der Waals surface area contributed by atoms with Crippen molar-refractivity contribution in [1.82, 2.24) is 0 Å². The van der Waals surface area contributed by atoms with Crippen LogP contribution in [-0.4, -0.2) is 5.78 Å². The van der Waals surface area contributed by atoms with E-state index in [4.69, 9.17) is 0 Å². The summed E-state index contributed by atoms with van der Waals surface area (Å²) >= 11 is 0. The summed E-state index contributed by atoms with van der Waals surface area (Å²) < 4.78 is 0. The molecule has 0 saturated heterocycles. The molecule has 1 heteroatoms. The van der Waals surface area contributed by atoms with Crippen LogP contribution in [0.5, 0.6) is 0 Å². The van der Waals surface area contributed by atoms with Crippen molar-refractivity contribution in [3.05, 3.63) is 89.0 Å². The lowest BCUT2D eigenvalue weighted by molar-refractivity contribution is 0.103. The van der Waals surface area contributed by atoms with E-state index < -0.39 is 0 Å². The minimum atomic E-state index is -0.150. The summed E-state index contributed by atoms with van der Waals surface area (Å²) in [6.45, 7) is 4.27. The van der Waals surface area contributed by atoms with Crippen molar-refractivity contribution < 1.29 is 4.79 Å². The smallest absolute Gasteiger partial charge is 0.189 e. The third kappa shape index (κ3) is 3.09. The standard InChI is InChI=1S/C21H20O/c1-21(2,13-12-16-8-4-3-5-9-16)15-18-14-17-10-6-7-11-19(17)20(18)22/h3-13,15H,14H2,1-2H3/b13-12+,18-15+. The van der Waals surface area contributed by atoms with Crippen molar-refractivity contribution in [1.29, 1.82) is 0 Å². The fourth-order valence-corrected chi connectivity index (χ4v) is 2.84. The highest BCUT2D eigenvalue weighted by Crippen LogP contribution is 2.31. The zero-order valence-electron chi connectivity index (χ0n) is 13.0. The zero-order valence-corrected chi connectivity index (χ0v) is 13.0. The first-order chi connectivity index (χ1) is 10.6. The first-order valence-electron chi connectivity index (χ1n) is 7.64. The zero-order chi connectivity index (χ0) is 15.6. The molecule has 0 bridgehead atoms. The largest absolute Gasteiger partial charge is 0.289 e. The summed E-state index contributed by atoms with van der Waals surface area (Å²) in [5, 5.41) is 0. The summed E-state index contributed by atoms with van der Waals surface area (Å²) in [4.78, 5) is 12.5. The Morgan fingerprint density at radius 3 is 2.36 bits per heavy atom. The Morgan fingerprint density at radius 2 is 1.64 bits per heavy atom. The van der Waals surface area contributed by atoms with Gasteiger partial charge in [0.2, 0.25) is 0 Å². The van der Waals surface area contributed by atoms with Gasteiger partial charge in [-0.2, -0.15) is 0 Å². The number of ketones is 1. The molecule has 0 atom stereocenters. The second-order valence-corrected chi connectivity index (χ2v) is 6.40. The highest BCUT2D eigenvalue weighted by molar-refractivity contribution is 6.13. The molecule has 2 aromatic carbocycles. The molecule has 0 radical (unpaired) electrons. The summed E-state index contributed by atoms with van der Waals surface area (Å²) in [5.74, 6) is 0.178. The molecule has 0 fully saturated rings. The van der Waals surface area contributed by atoms with E-state index in [9.17, 15) is 4.79 Å². The molecular weight excluding hydrogens is 268 g/mol. The molecule has 22 heavy (non-hydrogen) atoms. The number of hydrogen-bond acceptors (Lipinski definition) is 1. The van der Waals surface area contributed by atoms with Gasteiger partial charge in [-0.15, -0.1) is 0 Å². The highest BCUT2D eigenvalue weighted by atomic mass is 16.1. The molecule has 0 saturated carbocycles. The van der Waals surface area contributed by atoms with E-state index in [0.717, 1.165) is 23.1 Å². The molecule has 0 aliphatic heterocycles. The number of carbonyl (C=O) groups excluding carboxylic acids is 1. The van der Waals surface area contributed by atoms with E-state index in [-0.39, 0.29) is 11.2 Å². The molecular formula is C21H20O. The number of fused-ring (bicyclic) bond motifs is 1. The Hall–Kier alpha value is -2.41. The molecule has 1 aliphatic rings. The Labute approximate surface area is 132 Å². The monoisotopic (exact) mass is 288 g/mol. The molecule has 0 amide bonds. The van der Waals surface area contributed by atoms with Crippen LogP contribution in [0.25, 0.3) is 6.08 Å². The maximum atomic E-state index is 12.5. The third-order valence-corrected chi connectivity index (χ3v) is 3.99. The van der Waals surface area contributed by atoms with Crippen LogP contribution in [0.1, 0.15) is 35.3 Å². The summed E-state index contributed by atoms with van der Waals surface area (Å²) in [7, 11) is 0. The van der Waals surface area contributed by atoms with Gasteiger partial charge in [-0.25, -0.2) is 0 Å². The van der Waals surface area contributed by atoms with Crippen molar-refractivity contribution >= 4 is 11.9 Å². The SMILES string of the molecule is CC(C)(/C=C/c1ccccc1)/C=C1\Cc2ccccc2C1=O. The second kappa shape index (κ2) is 5.76. The average molecular weight is 288 g/mol. The Kier molecular flexibility index (Phi) is 3.81. The van der Waals surface area contributed by atoms with Crippen LogP contribution < -0.4 is 0 Å². The minimum Gasteiger partial charge on any atom is -0.289 e. The van der Waals surface area contributed by atoms with Gasteiger partial charge in [0.15, 0.2) is 5.78 Å². The van der Waals surface area contributed by atoms with Gasteiger partial charge in [0.1, 0.15) is 0 Å². The number of allylic oxidation sites excluding steroid dienone is 3.